The number of benzene rings is 2. The molecule has 6 heteroatoms. The number of hydrogen-bond acceptors (Lipinski definition) is 4. The Morgan fingerprint density at radius 3 is 2.18 bits per heavy atom. The van der Waals surface area contributed by atoms with E-state index in [9.17, 15) is 4.79 Å². The van der Waals surface area contributed by atoms with E-state index in [2.05, 4.69) is 39.0 Å². The van der Waals surface area contributed by atoms with Gasteiger partial charge in [0, 0.05) is 19.1 Å². The van der Waals surface area contributed by atoms with Crippen LogP contribution in [0.25, 0.3) is 0 Å². The zero-order valence-corrected chi connectivity index (χ0v) is 16.8. The van der Waals surface area contributed by atoms with E-state index >= 15 is 0 Å². The van der Waals surface area contributed by atoms with E-state index in [1.165, 1.54) is 24.6 Å². The van der Waals surface area contributed by atoms with Crippen molar-refractivity contribution < 1.29 is 4.79 Å². The Kier molecular flexibility index (Phi) is 5.76. The van der Waals surface area contributed by atoms with Crippen molar-refractivity contribution in [3.8, 4) is 0 Å². The average molecular weight is 393 g/mol. The Hall–Kier alpha value is -2.60. The molecule has 28 heavy (non-hydrogen) atoms. The molecule has 0 saturated heterocycles. The Balaban J connectivity index is 1.50. The fraction of sp³-hybridized carbons (Fsp3) is 0.318. The van der Waals surface area contributed by atoms with Gasteiger partial charge in [0.05, 0.1) is 5.25 Å². The second kappa shape index (κ2) is 8.61. The van der Waals surface area contributed by atoms with Gasteiger partial charge < -0.3 is 9.47 Å². The molecule has 0 N–H and O–H groups in total. The van der Waals surface area contributed by atoms with Gasteiger partial charge in [0.1, 0.15) is 6.33 Å². The summed E-state index contributed by atoms with van der Waals surface area (Å²) < 4.78 is 2.10. The lowest BCUT2D eigenvalue weighted by atomic mass is 10.1. The highest BCUT2D eigenvalue weighted by atomic mass is 32.2. The van der Waals surface area contributed by atoms with Gasteiger partial charge in [-0.2, -0.15) is 0 Å². The molecule has 0 spiro atoms. The number of aromatic nitrogens is 3. The van der Waals surface area contributed by atoms with Crippen molar-refractivity contribution in [1.82, 2.24) is 19.7 Å². The lowest BCUT2D eigenvalue weighted by Gasteiger charge is -2.26. The van der Waals surface area contributed by atoms with Crippen molar-refractivity contribution >= 4 is 17.7 Å². The first-order chi connectivity index (χ1) is 13.7. The Bertz CT molecular complexity index is 867. The fourth-order valence-corrected chi connectivity index (χ4v) is 4.18. The van der Waals surface area contributed by atoms with Crippen molar-refractivity contribution in [3.63, 3.8) is 0 Å². The van der Waals surface area contributed by atoms with Gasteiger partial charge in [0.25, 0.3) is 0 Å². The van der Waals surface area contributed by atoms with E-state index < -0.39 is 0 Å². The number of carbonyl (C=O) groups is 1. The molecule has 0 bridgehead atoms. The topological polar surface area (TPSA) is 51.0 Å². The summed E-state index contributed by atoms with van der Waals surface area (Å²) in [6, 6.07) is 20.8. The summed E-state index contributed by atoms with van der Waals surface area (Å²) in [5.41, 5.74) is 2.26. The maximum atomic E-state index is 13.3. The van der Waals surface area contributed by atoms with Gasteiger partial charge in [-0.25, -0.2) is 0 Å². The van der Waals surface area contributed by atoms with Gasteiger partial charge >= 0.3 is 0 Å². The van der Waals surface area contributed by atoms with E-state index in [0.29, 0.717) is 19.1 Å². The highest BCUT2D eigenvalue weighted by molar-refractivity contribution is 8.00. The van der Waals surface area contributed by atoms with E-state index in [1.807, 2.05) is 48.2 Å². The summed E-state index contributed by atoms with van der Waals surface area (Å²) >= 11 is 1.50. The highest BCUT2D eigenvalue weighted by Crippen LogP contribution is 2.38. The first-order valence-electron chi connectivity index (χ1n) is 9.63. The maximum absolute atomic E-state index is 13.3. The smallest absolute Gasteiger partial charge is 0.236 e. The number of rotatable bonds is 8. The Morgan fingerprint density at radius 1 is 1.07 bits per heavy atom. The molecule has 1 saturated carbocycles. The Labute approximate surface area is 169 Å². The van der Waals surface area contributed by atoms with Crippen LogP contribution in [0.1, 0.15) is 36.9 Å². The molecular formula is C22H24N4OS. The number of nitrogens with zero attached hydrogens (tertiary/aromatic N) is 4. The Morgan fingerprint density at radius 2 is 1.64 bits per heavy atom. The van der Waals surface area contributed by atoms with Gasteiger partial charge in [-0.3, -0.25) is 4.79 Å². The van der Waals surface area contributed by atoms with Gasteiger partial charge in [0.2, 0.25) is 5.91 Å². The van der Waals surface area contributed by atoms with Crippen LogP contribution in [0.4, 0.5) is 0 Å². The largest absolute Gasteiger partial charge is 0.333 e. The standard InChI is InChI=1S/C22H24N4OS/c1-17(28-22-24-23-16-26(22)20-12-13-20)21(27)25(14-18-8-4-2-5-9-18)15-19-10-6-3-7-11-19/h2-11,16-17,20H,12-15H2,1H3/t17-/m1/s1. The second-order valence-corrected chi connectivity index (χ2v) is 8.49. The predicted octanol–water partition coefficient (Wildman–Crippen LogP) is 4.32. The normalized spacial score (nSPS) is 14.6. The lowest BCUT2D eigenvalue weighted by Crippen LogP contribution is -2.35. The molecule has 144 valence electrons. The minimum absolute atomic E-state index is 0.114. The quantitative estimate of drug-likeness (QED) is 0.536. The molecule has 0 aliphatic heterocycles. The van der Waals surface area contributed by atoms with Crippen LogP contribution in [-0.4, -0.2) is 30.8 Å². The van der Waals surface area contributed by atoms with Crippen LogP contribution in [-0.2, 0) is 17.9 Å². The van der Waals surface area contributed by atoms with Crippen molar-refractivity contribution in [2.45, 2.75) is 49.3 Å². The molecule has 1 aliphatic rings. The van der Waals surface area contributed by atoms with Gasteiger partial charge in [-0.05, 0) is 30.9 Å². The first kappa shape index (κ1) is 18.7. The predicted molar refractivity (Wildman–Crippen MR) is 111 cm³/mol. The zero-order chi connectivity index (χ0) is 19.3. The molecule has 0 unspecified atom stereocenters. The van der Waals surface area contributed by atoms with Crippen molar-refractivity contribution in [1.29, 1.82) is 0 Å². The van der Waals surface area contributed by atoms with Crippen LogP contribution in [0.2, 0.25) is 0 Å². The van der Waals surface area contributed by atoms with Crippen LogP contribution in [0.5, 0.6) is 0 Å². The molecule has 1 fully saturated rings. The highest BCUT2D eigenvalue weighted by Gasteiger charge is 2.29. The molecule has 1 amide bonds. The van der Waals surface area contributed by atoms with Gasteiger partial charge in [-0.1, -0.05) is 72.4 Å². The van der Waals surface area contributed by atoms with Crippen molar-refractivity contribution in [2.75, 3.05) is 0 Å². The van der Waals surface area contributed by atoms with E-state index in [-0.39, 0.29) is 11.2 Å². The molecular weight excluding hydrogens is 368 g/mol. The van der Waals surface area contributed by atoms with Crippen LogP contribution >= 0.6 is 11.8 Å². The minimum Gasteiger partial charge on any atom is -0.333 e. The van der Waals surface area contributed by atoms with Crippen LogP contribution in [0.15, 0.2) is 72.1 Å². The number of carbonyl (C=O) groups excluding carboxylic acids is 1. The molecule has 1 aliphatic carbocycles. The molecule has 3 aromatic rings. The van der Waals surface area contributed by atoms with Gasteiger partial charge in [0.15, 0.2) is 5.16 Å². The lowest BCUT2D eigenvalue weighted by molar-refractivity contribution is -0.131. The molecule has 0 radical (unpaired) electrons. The summed E-state index contributed by atoms with van der Waals surface area (Å²) in [6.45, 7) is 3.14. The number of hydrogen-bond donors (Lipinski definition) is 0. The molecule has 5 nitrogen and oxygen atoms in total. The van der Waals surface area contributed by atoms with Crippen molar-refractivity contribution in [2.24, 2.45) is 0 Å². The summed E-state index contributed by atoms with van der Waals surface area (Å²) in [7, 11) is 0. The fourth-order valence-electron chi connectivity index (χ4n) is 3.20. The maximum Gasteiger partial charge on any atom is 0.236 e. The third-order valence-electron chi connectivity index (χ3n) is 4.85. The van der Waals surface area contributed by atoms with E-state index in [4.69, 9.17) is 0 Å². The molecule has 1 aromatic heterocycles. The minimum atomic E-state index is -0.228. The summed E-state index contributed by atoms with van der Waals surface area (Å²) in [4.78, 5) is 15.3. The third-order valence-corrected chi connectivity index (χ3v) is 5.91. The van der Waals surface area contributed by atoms with Crippen molar-refractivity contribution in [3.05, 3.63) is 78.1 Å². The zero-order valence-electron chi connectivity index (χ0n) is 15.9. The van der Waals surface area contributed by atoms with Crippen LogP contribution in [0.3, 0.4) is 0 Å². The summed E-state index contributed by atoms with van der Waals surface area (Å²) in [5, 5.41) is 8.88. The first-order valence-corrected chi connectivity index (χ1v) is 10.5. The molecule has 4 rings (SSSR count). The SMILES string of the molecule is C[C@@H](Sc1nncn1C1CC1)C(=O)N(Cc1ccccc1)Cc1ccccc1. The van der Waals surface area contributed by atoms with Crippen LogP contribution in [0, 0.1) is 0 Å². The molecule has 1 atom stereocenters. The number of thioether (sulfide) groups is 1. The number of amides is 1. The second-order valence-electron chi connectivity index (χ2n) is 7.18. The average Bonchev–Trinajstić information content (AvgIpc) is 3.47. The van der Waals surface area contributed by atoms with Crippen LogP contribution < -0.4 is 0 Å². The molecule has 1 heterocycles. The molecule has 2 aromatic carbocycles. The van der Waals surface area contributed by atoms with E-state index in [0.717, 1.165) is 16.3 Å². The summed E-state index contributed by atoms with van der Waals surface area (Å²) in [6.07, 6.45) is 4.12. The van der Waals surface area contributed by atoms with Gasteiger partial charge in [-0.15, -0.1) is 10.2 Å². The summed E-state index contributed by atoms with van der Waals surface area (Å²) in [5.74, 6) is 0.114. The third kappa shape index (κ3) is 4.62. The monoisotopic (exact) mass is 392 g/mol. The van der Waals surface area contributed by atoms with E-state index in [1.54, 1.807) is 6.33 Å².